The van der Waals surface area contributed by atoms with Gasteiger partial charge in [0.25, 0.3) is 11.8 Å². The summed E-state index contributed by atoms with van der Waals surface area (Å²) in [7, 11) is 3.34. The molecule has 4 rings (SSSR count). The van der Waals surface area contributed by atoms with E-state index in [2.05, 4.69) is 10.3 Å². The number of amides is 3. The van der Waals surface area contributed by atoms with Gasteiger partial charge in [-0.3, -0.25) is 19.4 Å². The summed E-state index contributed by atoms with van der Waals surface area (Å²) >= 11 is 0. The van der Waals surface area contributed by atoms with Crippen LogP contribution in [-0.4, -0.2) is 78.5 Å². The Morgan fingerprint density at radius 3 is 2.61 bits per heavy atom. The SMILES string of the molecule is CO[C@H]1CN(C)C(=O)c2ccc(NC(=O)C3CC3)cc2OC[C@H](C)N(C(=O)c2cccnc2)C[C@H]1C. The van der Waals surface area contributed by atoms with Crippen molar-refractivity contribution < 1.29 is 23.9 Å². The number of anilines is 1. The number of ether oxygens (including phenoxy) is 2. The van der Waals surface area contributed by atoms with Crippen molar-refractivity contribution in [2.75, 3.05) is 39.2 Å². The van der Waals surface area contributed by atoms with E-state index in [0.717, 1.165) is 12.8 Å². The second-order valence-electron chi connectivity index (χ2n) is 9.77. The molecule has 1 fully saturated rings. The van der Waals surface area contributed by atoms with Crippen molar-refractivity contribution in [3.8, 4) is 5.75 Å². The van der Waals surface area contributed by atoms with Gasteiger partial charge in [-0.1, -0.05) is 6.92 Å². The molecule has 0 bridgehead atoms. The molecule has 2 heterocycles. The number of hydrogen-bond acceptors (Lipinski definition) is 6. The fourth-order valence-corrected chi connectivity index (χ4v) is 4.38. The number of hydrogen-bond donors (Lipinski definition) is 1. The maximum absolute atomic E-state index is 13.5. The highest BCUT2D eigenvalue weighted by atomic mass is 16.5. The first-order valence-corrected chi connectivity index (χ1v) is 12.4. The van der Waals surface area contributed by atoms with Crippen LogP contribution < -0.4 is 10.1 Å². The zero-order valence-corrected chi connectivity index (χ0v) is 21.3. The summed E-state index contributed by atoms with van der Waals surface area (Å²) in [6, 6.07) is 8.26. The third-order valence-corrected chi connectivity index (χ3v) is 6.83. The van der Waals surface area contributed by atoms with Gasteiger partial charge in [-0.25, -0.2) is 0 Å². The highest BCUT2D eigenvalue weighted by Crippen LogP contribution is 2.32. The summed E-state index contributed by atoms with van der Waals surface area (Å²) in [5.41, 5.74) is 1.46. The molecule has 0 radical (unpaired) electrons. The Kier molecular flexibility index (Phi) is 7.88. The van der Waals surface area contributed by atoms with Crippen molar-refractivity contribution >= 4 is 23.4 Å². The molecular formula is C27H34N4O5. The Hall–Kier alpha value is -3.46. The topological polar surface area (TPSA) is 101 Å². The summed E-state index contributed by atoms with van der Waals surface area (Å²) in [6.07, 6.45) is 4.70. The minimum Gasteiger partial charge on any atom is -0.491 e. The summed E-state index contributed by atoms with van der Waals surface area (Å²) in [5.74, 6) is 0.00424. The smallest absolute Gasteiger partial charge is 0.257 e. The van der Waals surface area contributed by atoms with Gasteiger partial charge in [0.2, 0.25) is 5.91 Å². The van der Waals surface area contributed by atoms with E-state index < -0.39 is 0 Å². The third kappa shape index (κ3) is 5.84. The van der Waals surface area contributed by atoms with E-state index in [1.165, 1.54) is 0 Å². The first-order chi connectivity index (χ1) is 17.3. The van der Waals surface area contributed by atoms with Crippen LogP contribution in [0.2, 0.25) is 0 Å². The number of methoxy groups -OCH3 is 1. The fourth-order valence-electron chi connectivity index (χ4n) is 4.38. The quantitative estimate of drug-likeness (QED) is 0.701. The van der Waals surface area contributed by atoms with Gasteiger partial charge in [0.15, 0.2) is 0 Å². The molecule has 1 aromatic carbocycles. The summed E-state index contributed by atoms with van der Waals surface area (Å²) in [4.78, 5) is 46.5. The average molecular weight is 495 g/mol. The predicted molar refractivity (Wildman–Crippen MR) is 135 cm³/mol. The van der Waals surface area contributed by atoms with Gasteiger partial charge in [0.05, 0.1) is 23.3 Å². The summed E-state index contributed by atoms with van der Waals surface area (Å²) in [6.45, 7) is 4.86. The number of benzene rings is 1. The summed E-state index contributed by atoms with van der Waals surface area (Å²) < 4.78 is 11.9. The normalized spacial score (nSPS) is 23.1. The monoisotopic (exact) mass is 494 g/mol. The Morgan fingerprint density at radius 1 is 1.17 bits per heavy atom. The molecule has 9 heteroatoms. The molecule has 192 valence electrons. The van der Waals surface area contributed by atoms with Crippen LogP contribution >= 0.6 is 0 Å². The largest absolute Gasteiger partial charge is 0.491 e. The first-order valence-electron chi connectivity index (χ1n) is 12.4. The van der Waals surface area contributed by atoms with Crippen LogP contribution in [0.15, 0.2) is 42.7 Å². The molecule has 1 aliphatic heterocycles. The molecule has 1 saturated carbocycles. The van der Waals surface area contributed by atoms with Crippen molar-refractivity contribution in [2.45, 2.75) is 38.8 Å². The van der Waals surface area contributed by atoms with Crippen LogP contribution in [0.4, 0.5) is 5.69 Å². The lowest BCUT2D eigenvalue weighted by molar-refractivity contribution is -0.117. The molecule has 1 N–H and O–H groups in total. The Labute approximate surface area is 211 Å². The van der Waals surface area contributed by atoms with Gasteiger partial charge in [-0.05, 0) is 44.0 Å². The van der Waals surface area contributed by atoms with E-state index in [0.29, 0.717) is 35.7 Å². The van der Waals surface area contributed by atoms with Gasteiger partial charge in [0, 0.05) is 63.2 Å². The zero-order valence-electron chi connectivity index (χ0n) is 21.3. The second-order valence-corrected chi connectivity index (χ2v) is 9.77. The van der Waals surface area contributed by atoms with E-state index in [-0.39, 0.29) is 48.3 Å². The van der Waals surface area contributed by atoms with Crippen molar-refractivity contribution in [3.63, 3.8) is 0 Å². The standard InChI is InChI=1S/C27H34N4O5/c1-17-14-31(26(33)20-6-5-11-28-13-20)18(2)16-36-23-12-21(29-25(32)19-7-8-19)9-10-22(23)27(34)30(3)15-24(17)35-4/h5-6,9-13,17-19,24H,7-8,14-16H2,1-4H3,(H,29,32)/t17-,18+,24+/m1/s1. The van der Waals surface area contributed by atoms with Gasteiger partial charge in [-0.15, -0.1) is 0 Å². The molecule has 3 amide bonds. The third-order valence-electron chi connectivity index (χ3n) is 6.83. The molecule has 3 atom stereocenters. The van der Waals surface area contributed by atoms with Crippen LogP contribution in [0.25, 0.3) is 0 Å². The van der Waals surface area contributed by atoms with Crippen LogP contribution in [0, 0.1) is 11.8 Å². The van der Waals surface area contributed by atoms with Crippen LogP contribution in [-0.2, 0) is 9.53 Å². The second kappa shape index (κ2) is 11.1. The molecule has 2 aliphatic rings. The van der Waals surface area contributed by atoms with Gasteiger partial charge in [-0.2, -0.15) is 0 Å². The fraction of sp³-hybridized carbons (Fsp3) is 0.481. The van der Waals surface area contributed by atoms with E-state index in [9.17, 15) is 14.4 Å². The minimum absolute atomic E-state index is 0.0231. The molecule has 1 aliphatic carbocycles. The highest BCUT2D eigenvalue weighted by Gasteiger charge is 2.32. The van der Waals surface area contributed by atoms with E-state index in [1.807, 2.05) is 13.8 Å². The predicted octanol–water partition coefficient (Wildman–Crippen LogP) is 3.08. The summed E-state index contributed by atoms with van der Waals surface area (Å²) in [5, 5.41) is 2.91. The van der Waals surface area contributed by atoms with Gasteiger partial charge >= 0.3 is 0 Å². The number of pyridine rings is 1. The lowest BCUT2D eigenvalue weighted by Gasteiger charge is -2.36. The van der Waals surface area contributed by atoms with Crippen LogP contribution in [0.3, 0.4) is 0 Å². The van der Waals surface area contributed by atoms with Gasteiger partial charge in [0.1, 0.15) is 12.4 Å². The number of nitrogens with zero attached hydrogens (tertiary/aromatic N) is 3. The maximum atomic E-state index is 13.5. The minimum atomic E-state index is -0.303. The number of nitrogens with one attached hydrogen (secondary N) is 1. The lowest BCUT2D eigenvalue weighted by Crippen LogP contribution is -2.48. The Morgan fingerprint density at radius 2 is 1.94 bits per heavy atom. The first kappa shape index (κ1) is 25.6. The van der Waals surface area contributed by atoms with Crippen molar-refractivity contribution in [3.05, 3.63) is 53.9 Å². The molecule has 9 nitrogen and oxygen atoms in total. The molecule has 0 saturated heterocycles. The van der Waals surface area contributed by atoms with E-state index in [4.69, 9.17) is 9.47 Å². The van der Waals surface area contributed by atoms with Crippen LogP contribution in [0.1, 0.15) is 47.4 Å². The number of carbonyl (C=O) groups is 3. The number of carbonyl (C=O) groups excluding carboxylic acids is 3. The van der Waals surface area contributed by atoms with Gasteiger partial charge < -0.3 is 24.6 Å². The molecule has 1 aromatic heterocycles. The van der Waals surface area contributed by atoms with E-state index in [1.54, 1.807) is 66.7 Å². The molecule has 0 unspecified atom stereocenters. The maximum Gasteiger partial charge on any atom is 0.257 e. The number of aromatic nitrogens is 1. The van der Waals surface area contributed by atoms with Crippen molar-refractivity contribution in [1.29, 1.82) is 0 Å². The highest BCUT2D eigenvalue weighted by molar-refractivity contribution is 5.99. The number of likely N-dealkylation sites (N-methyl/N-ethyl adjacent to an activating group) is 1. The van der Waals surface area contributed by atoms with Crippen LogP contribution in [0.5, 0.6) is 5.75 Å². The van der Waals surface area contributed by atoms with Crippen molar-refractivity contribution in [2.24, 2.45) is 11.8 Å². The molecule has 36 heavy (non-hydrogen) atoms. The molecular weight excluding hydrogens is 460 g/mol. The Bertz CT molecular complexity index is 1100. The zero-order chi connectivity index (χ0) is 25.8. The number of rotatable bonds is 4. The average Bonchev–Trinajstić information content (AvgIpc) is 3.74. The van der Waals surface area contributed by atoms with Crippen molar-refractivity contribution in [1.82, 2.24) is 14.8 Å². The molecule has 2 aromatic rings. The molecule has 0 spiro atoms. The Balaban J connectivity index is 1.66. The lowest BCUT2D eigenvalue weighted by atomic mass is 10.0. The van der Waals surface area contributed by atoms with E-state index >= 15 is 0 Å². The number of fused-ring (bicyclic) bond motifs is 1.